The molecule has 0 radical (unpaired) electrons. The van der Waals surface area contributed by atoms with Gasteiger partial charge < -0.3 is 14.8 Å². The highest BCUT2D eigenvalue weighted by Gasteiger charge is 2.02. The van der Waals surface area contributed by atoms with Gasteiger partial charge in [0.05, 0.1) is 13.2 Å². The Morgan fingerprint density at radius 2 is 1.91 bits per heavy atom. The summed E-state index contributed by atoms with van der Waals surface area (Å²) in [6.07, 6.45) is 0. The van der Waals surface area contributed by atoms with E-state index in [4.69, 9.17) is 20.1 Å². The van der Waals surface area contributed by atoms with Crippen molar-refractivity contribution in [1.29, 1.82) is 0 Å². The first-order valence-electron chi connectivity index (χ1n) is 3.22. The summed E-state index contributed by atoms with van der Waals surface area (Å²) in [4.78, 5) is 10.6. The number of hydrogen-bond donors (Lipinski definition) is 1. The van der Waals surface area contributed by atoms with Crippen molar-refractivity contribution in [3.8, 4) is 0 Å². The molecule has 1 N–H and O–H groups in total. The topological polar surface area (TPSA) is 75.8 Å². The van der Waals surface area contributed by atoms with Crippen LogP contribution in [0.3, 0.4) is 0 Å². The zero-order chi connectivity index (χ0) is 8.69. The van der Waals surface area contributed by atoms with Gasteiger partial charge >= 0.3 is 0 Å². The van der Waals surface area contributed by atoms with E-state index in [1.54, 1.807) is 0 Å². The van der Waals surface area contributed by atoms with Gasteiger partial charge in [-0.2, -0.15) is 0 Å². The van der Waals surface area contributed by atoms with Crippen LogP contribution in [-0.4, -0.2) is 48.5 Å². The van der Waals surface area contributed by atoms with Crippen LogP contribution in [-0.2, 0) is 4.74 Å². The molecule has 0 unspecified atom stereocenters. The smallest absolute Gasteiger partial charge is 0.291 e. The van der Waals surface area contributed by atoms with Crippen LogP contribution in [0.15, 0.2) is 0 Å². The second-order valence-electron chi connectivity index (χ2n) is 2.15. The number of morpholine rings is 1. The van der Waals surface area contributed by atoms with Crippen molar-refractivity contribution < 1.29 is 15.0 Å². The Morgan fingerprint density at radius 1 is 1.55 bits per heavy atom. The van der Waals surface area contributed by atoms with E-state index >= 15 is 0 Å². The quantitative estimate of drug-likeness (QED) is 0.389. The minimum Gasteiger partial charge on any atom is -0.379 e. The fourth-order valence-electron chi connectivity index (χ4n) is 0.655. The molecule has 0 aromatic carbocycles. The average Bonchev–Trinajstić information content (AvgIpc) is 1.87. The molecule has 1 heterocycles. The van der Waals surface area contributed by atoms with E-state index in [-0.39, 0.29) is 0 Å². The molecule has 6 heteroatoms. The summed E-state index contributed by atoms with van der Waals surface area (Å²) in [5.41, 5.74) is 0. The van der Waals surface area contributed by atoms with Crippen LogP contribution in [0.1, 0.15) is 0 Å². The van der Waals surface area contributed by atoms with Crippen LogP contribution in [0.5, 0.6) is 0 Å². The van der Waals surface area contributed by atoms with E-state index in [1.165, 1.54) is 0 Å². The van der Waals surface area contributed by atoms with Crippen LogP contribution in [0.25, 0.3) is 0 Å². The molecule has 0 amide bonds. The van der Waals surface area contributed by atoms with Crippen LogP contribution in [0.4, 0.5) is 0 Å². The highest BCUT2D eigenvalue weighted by atomic mass is 16.9. The molecule has 1 aliphatic rings. The predicted octanol–water partition coefficient (Wildman–Crippen LogP) is -0.399. The summed E-state index contributed by atoms with van der Waals surface area (Å²) < 4.78 is 5.10. The highest BCUT2D eigenvalue weighted by Crippen LogP contribution is 1.89. The van der Waals surface area contributed by atoms with Crippen molar-refractivity contribution in [3.63, 3.8) is 0 Å². The number of nitrogens with zero attached hydrogens (tertiary/aromatic N) is 2. The number of ether oxygens (including phenoxy) is 1. The maximum Gasteiger partial charge on any atom is 0.291 e. The zero-order valence-electron chi connectivity index (χ0n) is 6.39. The third kappa shape index (κ3) is 9.12. The van der Waals surface area contributed by atoms with Gasteiger partial charge in [-0.3, -0.25) is 0 Å². The first-order chi connectivity index (χ1) is 5.13. The number of hydrogen-bond acceptors (Lipinski definition) is 4. The summed E-state index contributed by atoms with van der Waals surface area (Å²) in [6.45, 7) is 4.02. The Bertz CT molecular complexity index is 109. The normalized spacial score (nSPS) is 18.3. The van der Waals surface area contributed by atoms with Crippen molar-refractivity contribution in [2.45, 2.75) is 0 Å². The Labute approximate surface area is 64.5 Å². The molecule has 0 atom stereocenters. The van der Waals surface area contributed by atoms with Gasteiger partial charge in [-0.15, -0.1) is 10.1 Å². The molecule has 0 spiro atoms. The van der Waals surface area contributed by atoms with E-state index in [9.17, 15) is 0 Å². The molecule has 1 fully saturated rings. The van der Waals surface area contributed by atoms with Crippen molar-refractivity contribution in [2.75, 3.05) is 33.4 Å². The fourth-order valence-corrected chi connectivity index (χ4v) is 0.655. The Kier molecular flexibility index (Phi) is 5.40. The van der Waals surface area contributed by atoms with Crippen LogP contribution in [0.2, 0.25) is 0 Å². The van der Waals surface area contributed by atoms with Crippen LogP contribution in [0, 0.1) is 10.1 Å². The fraction of sp³-hybridized carbons (Fsp3) is 1.00. The molecule has 0 bridgehead atoms. The van der Waals surface area contributed by atoms with E-state index in [0.717, 1.165) is 26.3 Å². The zero-order valence-corrected chi connectivity index (χ0v) is 6.39. The van der Waals surface area contributed by atoms with E-state index < -0.39 is 5.09 Å². The summed E-state index contributed by atoms with van der Waals surface area (Å²) in [6, 6.07) is 0. The molecule has 1 saturated heterocycles. The average molecular weight is 164 g/mol. The minimum atomic E-state index is -1.50. The molecule has 0 aromatic heterocycles. The lowest BCUT2D eigenvalue weighted by Gasteiger charge is -2.21. The van der Waals surface area contributed by atoms with Gasteiger partial charge in [-0.05, 0) is 7.05 Å². The maximum atomic E-state index is 8.36. The van der Waals surface area contributed by atoms with Gasteiger partial charge in [0.25, 0.3) is 5.09 Å². The largest absolute Gasteiger partial charge is 0.379 e. The van der Waals surface area contributed by atoms with Gasteiger partial charge in [0.1, 0.15) is 0 Å². The minimum absolute atomic E-state index is 0.913. The first-order valence-corrected chi connectivity index (χ1v) is 3.22. The maximum absolute atomic E-state index is 8.36. The summed E-state index contributed by atoms with van der Waals surface area (Å²) in [5, 5.41) is 13.6. The van der Waals surface area contributed by atoms with Crippen LogP contribution < -0.4 is 0 Å². The Hall–Kier alpha value is -0.880. The SMILES string of the molecule is CN1CCOCC1.O=[N+]([O-])O. The lowest BCUT2D eigenvalue weighted by molar-refractivity contribution is -0.742. The molecule has 0 aromatic rings. The molecular formula is C5H12N2O4. The van der Waals surface area contributed by atoms with Gasteiger partial charge in [-0.1, -0.05) is 0 Å². The molecule has 0 aliphatic carbocycles. The van der Waals surface area contributed by atoms with Gasteiger partial charge in [-0.25, -0.2) is 0 Å². The molecule has 6 nitrogen and oxygen atoms in total. The van der Waals surface area contributed by atoms with E-state index in [1.807, 2.05) is 0 Å². The lowest BCUT2D eigenvalue weighted by atomic mass is 10.5. The predicted molar refractivity (Wildman–Crippen MR) is 37.1 cm³/mol. The molecule has 1 aliphatic heterocycles. The van der Waals surface area contributed by atoms with Crippen molar-refractivity contribution in [3.05, 3.63) is 10.1 Å². The summed E-state index contributed by atoms with van der Waals surface area (Å²) in [5.74, 6) is 0. The van der Waals surface area contributed by atoms with Gasteiger partial charge in [0, 0.05) is 13.1 Å². The first kappa shape index (κ1) is 10.1. The molecular weight excluding hydrogens is 152 g/mol. The third-order valence-electron chi connectivity index (χ3n) is 1.23. The number of likely N-dealkylation sites (N-methyl/N-ethyl adjacent to an activating group) is 1. The van der Waals surface area contributed by atoms with Crippen molar-refractivity contribution in [1.82, 2.24) is 4.90 Å². The van der Waals surface area contributed by atoms with Crippen LogP contribution >= 0.6 is 0 Å². The molecule has 11 heavy (non-hydrogen) atoms. The van der Waals surface area contributed by atoms with Gasteiger partial charge in [0.15, 0.2) is 0 Å². The lowest BCUT2D eigenvalue weighted by Crippen LogP contribution is -2.32. The van der Waals surface area contributed by atoms with Crippen molar-refractivity contribution in [2.24, 2.45) is 0 Å². The third-order valence-corrected chi connectivity index (χ3v) is 1.23. The van der Waals surface area contributed by atoms with Crippen molar-refractivity contribution >= 4 is 0 Å². The monoisotopic (exact) mass is 164 g/mol. The Morgan fingerprint density at radius 3 is 2.09 bits per heavy atom. The second kappa shape index (κ2) is 5.87. The van der Waals surface area contributed by atoms with E-state index in [2.05, 4.69) is 11.9 Å². The number of rotatable bonds is 0. The molecule has 1 rings (SSSR count). The molecule has 66 valence electrons. The standard InChI is InChI=1S/C5H11NO.HNO3/c1-6-2-4-7-5-3-6;2-1(3)4/h2-5H2,1H3;(H,2,3,4). The summed E-state index contributed by atoms with van der Waals surface area (Å²) in [7, 11) is 2.11. The highest BCUT2D eigenvalue weighted by molar-refractivity contribution is 4.53. The van der Waals surface area contributed by atoms with Gasteiger partial charge in [0.2, 0.25) is 0 Å². The molecule has 0 saturated carbocycles. The second-order valence-corrected chi connectivity index (χ2v) is 2.15. The summed E-state index contributed by atoms with van der Waals surface area (Å²) >= 11 is 0. The van der Waals surface area contributed by atoms with E-state index in [0.29, 0.717) is 0 Å². The Balaban J connectivity index is 0.000000218.